The number of unbranched alkanes of at least 4 members (excludes halogenated alkanes) is 16. The van der Waals surface area contributed by atoms with Crippen LogP contribution in [0, 0.1) is 17.1 Å². The number of nitrogen functional groups attached to an aromatic ring is 1. The largest absolute Gasteiger partial charge is 0.488 e. The first-order valence-electron chi connectivity index (χ1n) is 20.1. The highest BCUT2D eigenvalue weighted by atomic mass is 31.2. The molecule has 5 N–H and O–H groups in total. The van der Waals surface area contributed by atoms with E-state index in [0.29, 0.717) is 17.6 Å². The van der Waals surface area contributed by atoms with E-state index in [9.17, 15) is 24.1 Å². The lowest BCUT2D eigenvalue weighted by Gasteiger charge is -2.24. The zero-order valence-corrected chi connectivity index (χ0v) is 33.2. The van der Waals surface area contributed by atoms with E-state index in [2.05, 4.69) is 17.0 Å². The number of phosphoric acid groups is 1. The molecule has 0 bridgehead atoms. The van der Waals surface area contributed by atoms with E-state index in [1.807, 2.05) is 0 Å². The number of phosphoric ester groups is 1. The van der Waals surface area contributed by atoms with Gasteiger partial charge in [-0.05, 0) is 44.0 Å². The summed E-state index contributed by atoms with van der Waals surface area (Å²) in [5.41, 5.74) is 3.14. The van der Waals surface area contributed by atoms with Crippen molar-refractivity contribution in [3.05, 3.63) is 53.7 Å². The number of nitrogens with zero attached hydrogens (tertiary/aromatic N) is 4. The number of hydrogen-bond acceptors (Lipinski definition) is 11. The maximum Gasteiger partial charge on any atom is 0.472 e. The first kappa shape index (κ1) is 43.0. The van der Waals surface area contributed by atoms with Crippen molar-refractivity contribution in [2.24, 2.45) is 0 Å². The first-order chi connectivity index (χ1) is 26.4. The van der Waals surface area contributed by atoms with Gasteiger partial charge in [-0.1, -0.05) is 110 Å². The smallest absolute Gasteiger partial charge is 0.472 e. The highest BCUT2D eigenvalue weighted by Gasteiger charge is 2.87. The lowest BCUT2D eigenvalue weighted by atomic mass is 10.0. The van der Waals surface area contributed by atoms with Crippen LogP contribution in [0.25, 0.3) is 5.52 Å². The molecule has 2 aliphatic rings. The second-order valence-electron chi connectivity index (χ2n) is 15.3. The van der Waals surface area contributed by atoms with E-state index in [1.165, 1.54) is 113 Å². The van der Waals surface area contributed by atoms with Gasteiger partial charge in [0.1, 0.15) is 59.5 Å². The third-order valence-electron chi connectivity index (χ3n) is 11.2. The summed E-state index contributed by atoms with van der Waals surface area (Å²) in [6, 6.07) is 8.94. The zero-order chi connectivity index (χ0) is 39.5. The van der Waals surface area contributed by atoms with Gasteiger partial charge in [0.15, 0.2) is 11.4 Å². The molecule has 0 radical (unpaired) electrons. The number of halogens is 1. The van der Waals surface area contributed by atoms with Crippen LogP contribution in [-0.4, -0.2) is 65.8 Å². The van der Waals surface area contributed by atoms with Crippen LogP contribution in [0.2, 0.25) is 0 Å². The van der Waals surface area contributed by atoms with Crippen LogP contribution >= 0.6 is 7.82 Å². The van der Waals surface area contributed by atoms with E-state index >= 15 is 0 Å². The van der Waals surface area contributed by atoms with Crippen LogP contribution in [0.5, 0.6) is 5.75 Å². The fourth-order valence-corrected chi connectivity index (χ4v) is 8.83. The number of hydrogen-bond donors (Lipinski definition) is 4. The quantitative estimate of drug-likeness (QED) is 0.0450. The average molecular weight is 788 g/mol. The molecule has 15 heteroatoms. The third kappa shape index (κ3) is 10.6. The molecule has 2 aromatic heterocycles. The van der Waals surface area contributed by atoms with Crippen LogP contribution in [0.1, 0.15) is 147 Å². The van der Waals surface area contributed by atoms with Crippen molar-refractivity contribution in [2.45, 2.75) is 165 Å². The Kier molecular flexibility index (Phi) is 15.5. The molecule has 5 rings (SSSR count). The Balaban J connectivity index is 1.05. The Morgan fingerprint density at radius 2 is 1.60 bits per heavy atom. The molecule has 2 unspecified atom stereocenters. The molecule has 0 amide bonds. The molecule has 7 atom stereocenters. The predicted molar refractivity (Wildman–Crippen MR) is 206 cm³/mol. The topological polar surface area (TPSA) is 195 Å². The monoisotopic (exact) mass is 787 g/mol. The van der Waals surface area contributed by atoms with Crippen molar-refractivity contribution >= 4 is 19.2 Å². The molecule has 1 saturated carbocycles. The molecular formula is C40H59FN5O8P. The summed E-state index contributed by atoms with van der Waals surface area (Å²) < 4.78 is 51.8. The van der Waals surface area contributed by atoms with Gasteiger partial charge < -0.3 is 30.3 Å². The minimum atomic E-state index is -4.83. The third-order valence-corrected chi connectivity index (χ3v) is 12.1. The molecule has 3 heterocycles. The van der Waals surface area contributed by atoms with E-state index < -0.39 is 49.3 Å². The predicted octanol–water partition coefficient (Wildman–Crippen LogP) is 8.25. The maximum atomic E-state index is 14.4. The summed E-state index contributed by atoms with van der Waals surface area (Å²) in [4.78, 5) is 14.7. The van der Waals surface area contributed by atoms with Crippen molar-refractivity contribution in [3.8, 4) is 11.8 Å². The highest BCUT2D eigenvalue weighted by molar-refractivity contribution is 7.47. The summed E-state index contributed by atoms with van der Waals surface area (Å²) in [7, 11) is -4.83. The number of aliphatic hydroxyl groups is 2. The summed E-state index contributed by atoms with van der Waals surface area (Å²) >= 11 is 0. The highest BCUT2D eigenvalue weighted by Crippen LogP contribution is 2.68. The second-order valence-corrected chi connectivity index (χ2v) is 16.7. The van der Waals surface area contributed by atoms with E-state index in [1.54, 1.807) is 18.2 Å². The molecule has 1 saturated heterocycles. The number of nitrogens with two attached hydrogens (primary N) is 1. The second kappa shape index (κ2) is 19.8. The van der Waals surface area contributed by atoms with Crippen LogP contribution in [0.3, 0.4) is 0 Å². The van der Waals surface area contributed by atoms with Crippen molar-refractivity contribution in [1.29, 1.82) is 5.26 Å². The van der Waals surface area contributed by atoms with Crippen LogP contribution < -0.4 is 10.5 Å². The molecule has 0 spiro atoms. The van der Waals surface area contributed by atoms with E-state index in [4.69, 9.17) is 29.5 Å². The Bertz CT molecular complexity index is 1770. The molecule has 3 aromatic rings. The summed E-state index contributed by atoms with van der Waals surface area (Å²) in [5, 5.41) is 35.9. The summed E-state index contributed by atoms with van der Waals surface area (Å²) in [6.07, 6.45) is 18.0. The van der Waals surface area contributed by atoms with Gasteiger partial charge in [-0.15, -0.1) is 0 Å². The van der Waals surface area contributed by atoms with Gasteiger partial charge in [-0.3, -0.25) is 9.05 Å². The Labute approximate surface area is 324 Å². The van der Waals surface area contributed by atoms with Gasteiger partial charge in [0.2, 0.25) is 0 Å². The minimum absolute atomic E-state index is 0.128. The van der Waals surface area contributed by atoms with Gasteiger partial charge in [0, 0.05) is 6.07 Å². The van der Waals surface area contributed by atoms with Crippen molar-refractivity contribution in [1.82, 2.24) is 14.6 Å². The van der Waals surface area contributed by atoms with E-state index in [0.717, 1.165) is 31.7 Å². The van der Waals surface area contributed by atoms with Gasteiger partial charge in [-0.25, -0.2) is 18.5 Å². The molecule has 1 aliphatic carbocycles. The fraction of sp³-hybridized carbons (Fsp3) is 0.675. The molecule has 304 valence electrons. The number of fused-ring (bicyclic) bond motifs is 2. The van der Waals surface area contributed by atoms with Gasteiger partial charge >= 0.3 is 7.82 Å². The SMILES string of the molecule is CCCCCCCCCCCCCCCCCCC[C@H](COP(=O)(O)OC1[C@@]2(C)O[C@@H](c3ccc4c(N)ncnn34)[C@H](O)[C@@]12O)Oc1ccc(C#N)c(F)c1. The number of nitriles is 1. The number of aromatic nitrogens is 3. The minimum Gasteiger partial charge on any atom is -0.488 e. The fourth-order valence-electron chi connectivity index (χ4n) is 7.78. The van der Waals surface area contributed by atoms with E-state index in [-0.39, 0.29) is 23.7 Å². The number of ether oxygens (including phenoxy) is 2. The number of benzene rings is 1. The summed E-state index contributed by atoms with van der Waals surface area (Å²) in [5.74, 6) is -0.367. The average Bonchev–Trinajstić information content (AvgIpc) is 3.42. The zero-order valence-electron chi connectivity index (χ0n) is 32.3. The van der Waals surface area contributed by atoms with Crippen molar-refractivity contribution < 1.29 is 42.6 Å². The van der Waals surface area contributed by atoms with Crippen LogP contribution in [0.4, 0.5) is 10.2 Å². The van der Waals surface area contributed by atoms with Crippen molar-refractivity contribution in [2.75, 3.05) is 12.3 Å². The summed E-state index contributed by atoms with van der Waals surface area (Å²) in [6.45, 7) is 3.35. The molecule has 2 fully saturated rings. The van der Waals surface area contributed by atoms with Gasteiger partial charge in [-0.2, -0.15) is 10.4 Å². The Morgan fingerprint density at radius 3 is 2.15 bits per heavy atom. The molecular weight excluding hydrogens is 728 g/mol. The number of anilines is 1. The Hall–Kier alpha value is -3.15. The van der Waals surface area contributed by atoms with Crippen LogP contribution in [0.15, 0.2) is 36.7 Å². The van der Waals surface area contributed by atoms with Gasteiger partial charge in [0.25, 0.3) is 0 Å². The van der Waals surface area contributed by atoms with Gasteiger partial charge in [0.05, 0.1) is 17.9 Å². The molecule has 55 heavy (non-hydrogen) atoms. The van der Waals surface area contributed by atoms with Crippen molar-refractivity contribution in [3.63, 3.8) is 0 Å². The maximum absolute atomic E-state index is 14.4. The Morgan fingerprint density at radius 1 is 1.00 bits per heavy atom. The molecule has 1 aromatic carbocycles. The lowest BCUT2D eigenvalue weighted by Crippen LogP contribution is -2.35. The lowest BCUT2D eigenvalue weighted by molar-refractivity contribution is -0.0804. The first-order valence-corrected chi connectivity index (χ1v) is 21.6. The number of rotatable bonds is 26. The standard InChI is InChI=1S/C40H59FN5O8P/c1-3-4-5-6-7-8-9-10-11-12-13-14-15-16-17-18-19-20-31(52-30-22-21-29(26-42)32(41)25-30)27-51-55(49,50)54-38-39(2)40(38,48)36(47)35(53-39)33-23-24-34-37(43)44-28-45-46(33)34/h21-25,28,31,35-36,38,47-48H,3-20,27H2,1-2H3,(H,49,50)(H2,43,44,45)/t31-,35+,36+,38?,39-,40-/m1/s1. The molecule has 13 nitrogen and oxygen atoms in total. The normalized spacial score (nSPS) is 24.7. The molecule has 1 aliphatic heterocycles. The number of aliphatic hydroxyl groups excluding tert-OH is 1. The van der Waals surface area contributed by atoms with Crippen LogP contribution in [-0.2, 0) is 18.3 Å².